The molecule has 0 spiro atoms. The van der Waals surface area contributed by atoms with E-state index in [1.807, 2.05) is 12.1 Å². The van der Waals surface area contributed by atoms with Gasteiger partial charge in [0.2, 0.25) is 0 Å². The van der Waals surface area contributed by atoms with E-state index in [9.17, 15) is 4.79 Å². The summed E-state index contributed by atoms with van der Waals surface area (Å²) >= 11 is 3.27. The van der Waals surface area contributed by atoms with Crippen LogP contribution < -0.4 is 10.1 Å². The lowest BCUT2D eigenvalue weighted by Gasteiger charge is -2.08. The zero-order chi connectivity index (χ0) is 14.6. The highest BCUT2D eigenvalue weighted by molar-refractivity contribution is 9.09. The van der Waals surface area contributed by atoms with Crippen molar-refractivity contribution in [2.24, 2.45) is 0 Å². The Hall–Kier alpha value is -1.07. The maximum Gasteiger partial charge on any atom is 0.251 e. The van der Waals surface area contributed by atoms with Crippen LogP contribution in [0.5, 0.6) is 5.75 Å². The summed E-state index contributed by atoms with van der Waals surface area (Å²) in [6.07, 6.45) is 2.15. The number of carbonyl (C=O) groups is 1. The van der Waals surface area contributed by atoms with Crippen molar-refractivity contribution in [1.29, 1.82) is 0 Å². The van der Waals surface area contributed by atoms with Gasteiger partial charge in [-0.25, -0.2) is 0 Å². The molecule has 112 valence electrons. The maximum atomic E-state index is 11.8. The zero-order valence-corrected chi connectivity index (χ0v) is 13.4. The van der Waals surface area contributed by atoms with Crippen molar-refractivity contribution in [2.45, 2.75) is 19.8 Å². The molecule has 0 saturated carbocycles. The van der Waals surface area contributed by atoms with Crippen LogP contribution in [-0.4, -0.2) is 37.6 Å². The van der Waals surface area contributed by atoms with Crippen molar-refractivity contribution in [2.75, 3.05) is 31.7 Å². The van der Waals surface area contributed by atoms with Gasteiger partial charge in [-0.3, -0.25) is 4.79 Å². The molecule has 0 radical (unpaired) electrons. The summed E-state index contributed by atoms with van der Waals surface area (Å²) in [6, 6.07) is 7.20. The van der Waals surface area contributed by atoms with Crippen LogP contribution in [0.3, 0.4) is 0 Å². The SMILES string of the molecule is CCCCOc1ccc(C(=O)NCCOCCBr)cc1. The molecule has 0 atom stereocenters. The monoisotopic (exact) mass is 343 g/mol. The number of nitrogens with one attached hydrogen (secondary N) is 1. The Morgan fingerprint density at radius 1 is 1.20 bits per heavy atom. The van der Waals surface area contributed by atoms with E-state index >= 15 is 0 Å². The van der Waals surface area contributed by atoms with Crippen LogP contribution in [0.4, 0.5) is 0 Å². The molecule has 0 aromatic heterocycles. The molecule has 0 heterocycles. The lowest BCUT2D eigenvalue weighted by atomic mass is 10.2. The second-order valence-corrected chi connectivity index (χ2v) is 5.08. The molecule has 0 bridgehead atoms. The summed E-state index contributed by atoms with van der Waals surface area (Å²) < 4.78 is 10.8. The van der Waals surface area contributed by atoms with Crippen LogP contribution in [0.25, 0.3) is 0 Å². The third kappa shape index (κ3) is 6.91. The molecule has 4 nitrogen and oxygen atoms in total. The fourth-order valence-electron chi connectivity index (χ4n) is 1.53. The van der Waals surface area contributed by atoms with Gasteiger partial charge in [0.1, 0.15) is 5.75 Å². The molecular formula is C15H22BrNO3. The first-order valence-electron chi connectivity index (χ1n) is 6.92. The molecule has 1 amide bonds. The second kappa shape index (κ2) is 10.7. The average Bonchev–Trinajstić information content (AvgIpc) is 2.48. The number of unbranched alkanes of at least 4 members (excludes halogenated alkanes) is 1. The van der Waals surface area contributed by atoms with Gasteiger partial charge in [0.05, 0.1) is 19.8 Å². The van der Waals surface area contributed by atoms with Crippen LogP contribution >= 0.6 is 15.9 Å². The predicted octanol–water partition coefficient (Wildman–Crippen LogP) is 3.01. The van der Waals surface area contributed by atoms with E-state index in [0.29, 0.717) is 31.9 Å². The van der Waals surface area contributed by atoms with Gasteiger partial charge in [-0.1, -0.05) is 29.3 Å². The Labute approximate surface area is 129 Å². The van der Waals surface area contributed by atoms with Crippen LogP contribution in [0, 0.1) is 0 Å². The smallest absolute Gasteiger partial charge is 0.251 e. The van der Waals surface area contributed by atoms with Gasteiger partial charge in [0, 0.05) is 17.4 Å². The summed E-state index contributed by atoms with van der Waals surface area (Å²) in [5, 5.41) is 3.62. The highest BCUT2D eigenvalue weighted by atomic mass is 79.9. The van der Waals surface area contributed by atoms with Gasteiger partial charge >= 0.3 is 0 Å². The standard InChI is InChI=1S/C15H22BrNO3/c1-2-3-10-20-14-6-4-13(5-7-14)15(18)17-9-12-19-11-8-16/h4-7H,2-3,8-12H2,1H3,(H,17,18). The molecular weight excluding hydrogens is 322 g/mol. The van der Waals surface area contributed by atoms with Gasteiger partial charge in [0.25, 0.3) is 5.91 Å². The van der Waals surface area contributed by atoms with Crippen molar-refractivity contribution in [3.8, 4) is 5.75 Å². The Bertz CT molecular complexity index is 381. The first kappa shape index (κ1) is 17.0. The minimum Gasteiger partial charge on any atom is -0.494 e. The first-order chi connectivity index (χ1) is 9.77. The fraction of sp³-hybridized carbons (Fsp3) is 0.533. The van der Waals surface area contributed by atoms with E-state index in [-0.39, 0.29) is 5.91 Å². The van der Waals surface area contributed by atoms with Crippen molar-refractivity contribution in [3.63, 3.8) is 0 Å². The Kier molecular flexibility index (Phi) is 9.07. The summed E-state index contributed by atoms with van der Waals surface area (Å²) in [5.41, 5.74) is 0.633. The van der Waals surface area contributed by atoms with Crippen molar-refractivity contribution in [3.05, 3.63) is 29.8 Å². The number of alkyl halides is 1. The predicted molar refractivity (Wildman–Crippen MR) is 83.8 cm³/mol. The molecule has 0 aliphatic carbocycles. The lowest BCUT2D eigenvalue weighted by molar-refractivity contribution is 0.0924. The number of hydrogen-bond donors (Lipinski definition) is 1. The van der Waals surface area contributed by atoms with Gasteiger partial charge < -0.3 is 14.8 Å². The molecule has 1 rings (SSSR count). The number of rotatable bonds is 10. The fourth-order valence-corrected chi connectivity index (χ4v) is 1.76. The van der Waals surface area contributed by atoms with E-state index in [2.05, 4.69) is 28.2 Å². The minimum absolute atomic E-state index is 0.0902. The average molecular weight is 344 g/mol. The molecule has 20 heavy (non-hydrogen) atoms. The molecule has 1 N–H and O–H groups in total. The summed E-state index contributed by atoms with van der Waals surface area (Å²) in [5.74, 6) is 0.711. The van der Waals surface area contributed by atoms with Crippen LogP contribution in [0.15, 0.2) is 24.3 Å². The summed E-state index contributed by atoms with van der Waals surface area (Å²) in [7, 11) is 0. The van der Waals surface area contributed by atoms with Crippen LogP contribution in [0.2, 0.25) is 0 Å². The highest BCUT2D eigenvalue weighted by Crippen LogP contribution is 2.12. The Morgan fingerprint density at radius 3 is 2.60 bits per heavy atom. The molecule has 1 aromatic rings. The first-order valence-corrected chi connectivity index (χ1v) is 8.05. The molecule has 0 aliphatic heterocycles. The van der Waals surface area contributed by atoms with E-state index in [1.54, 1.807) is 12.1 Å². The van der Waals surface area contributed by atoms with Crippen LogP contribution in [-0.2, 0) is 4.74 Å². The molecule has 0 fully saturated rings. The number of amides is 1. The molecule has 0 saturated heterocycles. The van der Waals surface area contributed by atoms with Gasteiger partial charge in [0.15, 0.2) is 0 Å². The number of carbonyl (C=O) groups excluding carboxylic acids is 1. The van der Waals surface area contributed by atoms with Crippen LogP contribution in [0.1, 0.15) is 30.1 Å². The van der Waals surface area contributed by atoms with E-state index < -0.39 is 0 Å². The minimum atomic E-state index is -0.0902. The normalized spacial score (nSPS) is 10.3. The highest BCUT2D eigenvalue weighted by Gasteiger charge is 2.04. The molecule has 0 aliphatic rings. The summed E-state index contributed by atoms with van der Waals surface area (Å²) in [6.45, 7) is 4.53. The van der Waals surface area contributed by atoms with Gasteiger partial charge in [-0.15, -0.1) is 0 Å². The van der Waals surface area contributed by atoms with Crippen molar-refractivity contribution >= 4 is 21.8 Å². The van der Waals surface area contributed by atoms with Crippen molar-refractivity contribution in [1.82, 2.24) is 5.32 Å². The molecule has 1 aromatic carbocycles. The van der Waals surface area contributed by atoms with E-state index in [0.717, 1.165) is 23.9 Å². The number of halogens is 1. The zero-order valence-electron chi connectivity index (χ0n) is 11.9. The van der Waals surface area contributed by atoms with Gasteiger partial charge in [-0.05, 0) is 30.7 Å². The van der Waals surface area contributed by atoms with E-state index in [1.165, 1.54) is 0 Å². The maximum absolute atomic E-state index is 11.8. The number of hydrogen-bond acceptors (Lipinski definition) is 3. The summed E-state index contributed by atoms with van der Waals surface area (Å²) in [4.78, 5) is 11.8. The second-order valence-electron chi connectivity index (χ2n) is 4.28. The third-order valence-corrected chi connectivity index (χ3v) is 2.96. The molecule has 5 heteroatoms. The Balaban J connectivity index is 2.30. The lowest BCUT2D eigenvalue weighted by Crippen LogP contribution is -2.27. The Morgan fingerprint density at radius 2 is 1.95 bits per heavy atom. The van der Waals surface area contributed by atoms with E-state index in [4.69, 9.17) is 9.47 Å². The largest absolute Gasteiger partial charge is 0.494 e. The third-order valence-electron chi connectivity index (χ3n) is 2.64. The number of benzene rings is 1. The van der Waals surface area contributed by atoms with Crippen molar-refractivity contribution < 1.29 is 14.3 Å². The quantitative estimate of drug-likeness (QED) is 0.524. The topological polar surface area (TPSA) is 47.6 Å². The van der Waals surface area contributed by atoms with Gasteiger partial charge in [-0.2, -0.15) is 0 Å². The molecule has 0 unspecified atom stereocenters. The number of ether oxygens (including phenoxy) is 2.